The van der Waals surface area contributed by atoms with Crippen molar-refractivity contribution >= 4 is 5.78 Å². The molecule has 2 aliphatic rings. The van der Waals surface area contributed by atoms with Crippen molar-refractivity contribution < 1.29 is 38.0 Å². The predicted molar refractivity (Wildman–Crippen MR) is 111 cm³/mol. The van der Waals surface area contributed by atoms with Gasteiger partial charge < -0.3 is 33.2 Å². The average molecular weight is 430 g/mol. The second-order valence-corrected chi connectivity index (χ2v) is 7.59. The number of ether oxygens (including phenoxy) is 7. The van der Waals surface area contributed by atoms with Crippen molar-refractivity contribution in [3.05, 3.63) is 35.4 Å². The van der Waals surface area contributed by atoms with Crippen molar-refractivity contribution in [2.45, 2.75) is 25.6 Å². The molecule has 8 nitrogen and oxygen atoms in total. The van der Waals surface area contributed by atoms with Crippen molar-refractivity contribution in [3.63, 3.8) is 0 Å². The molecule has 0 amide bonds. The van der Waals surface area contributed by atoms with E-state index >= 15 is 0 Å². The quantitative estimate of drug-likeness (QED) is 0.689. The Morgan fingerprint density at radius 1 is 0.935 bits per heavy atom. The Hall–Kier alpha value is -3.13. The zero-order valence-corrected chi connectivity index (χ0v) is 18.4. The summed E-state index contributed by atoms with van der Waals surface area (Å²) < 4.78 is 39.6. The predicted octanol–water partition coefficient (Wildman–Crippen LogP) is 3.53. The van der Waals surface area contributed by atoms with Crippen LogP contribution in [0.25, 0.3) is 0 Å². The smallest absolute Gasteiger partial charge is 0.231 e. The first-order chi connectivity index (χ1) is 14.9. The van der Waals surface area contributed by atoms with Gasteiger partial charge in [-0.3, -0.25) is 4.79 Å². The minimum Gasteiger partial charge on any atom is -0.493 e. The molecular formula is C23H26O8. The van der Waals surface area contributed by atoms with Crippen molar-refractivity contribution in [1.82, 2.24) is 0 Å². The van der Waals surface area contributed by atoms with Crippen molar-refractivity contribution in [2.24, 2.45) is 5.92 Å². The maximum absolute atomic E-state index is 12.9. The maximum atomic E-state index is 12.9. The summed E-state index contributed by atoms with van der Waals surface area (Å²) in [5, 5.41) is 0. The zero-order valence-electron chi connectivity index (χ0n) is 18.4. The Morgan fingerprint density at radius 2 is 1.55 bits per heavy atom. The van der Waals surface area contributed by atoms with E-state index in [4.69, 9.17) is 33.2 Å². The standard InChI is InChI=1S/C23H26O8/c1-12(24)21-20(13-7-18(25-3)22(27-5)19(8-13)26-4)14-9-16-17(30-11-29-16)10-15(14)31-23(21,2)28-6/h7-10,20-21H,11H2,1-6H3/t20-,21+,23-/m1/s1. The molecule has 2 heterocycles. The first kappa shape index (κ1) is 21.1. The molecular weight excluding hydrogens is 404 g/mol. The lowest BCUT2D eigenvalue weighted by molar-refractivity contribution is -0.199. The van der Waals surface area contributed by atoms with Crippen LogP contribution in [0.15, 0.2) is 24.3 Å². The monoisotopic (exact) mass is 430 g/mol. The number of carbonyl (C=O) groups is 1. The van der Waals surface area contributed by atoms with Crippen molar-refractivity contribution in [3.8, 4) is 34.5 Å². The summed E-state index contributed by atoms with van der Waals surface area (Å²) in [7, 11) is 6.18. The Labute approximate surface area is 180 Å². The lowest BCUT2D eigenvalue weighted by Crippen LogP contribution is -2.51. The third kappa shape index (κ3) is 3.31. The summed E-state index contributed by atoms with van der Waals surface area (Å²) in [5.74, 6) is 0.862. The van der Waals surface area contributed by atoms with E-state index in [2.05, 4.69) is 0 Å². The van der Waals surface area contributed by atoms with Gasteiger partial charge >= 0.3 is 0 Å². The van der Waals surface area contributed by atoms with Gasteiger partial charge in [0.15, 0.2) is 23.0 Å². The first-order valence-corrected chi connectivity index (χ1v) is 9.84. The van der Waals surface area contributed by atoms with Crippen LogP contribution in [0.1, 0.15) is 30.9 Å². The molecule has 0 unspecified atom stereocenters. The highest BCUT2D eigenvalue weighted by Gasteiger charge is 2.51. The molecule has 2 aromatic rings. The number of fused-ring (bicyclic) bond motifs is 2. The van der Waals surface area contributed by atoms with Gasteiger partial charge in [-0.15, -0.1) is 0 Å². The van der Waals surface area contributed by atoms with Crippen molar-refractivity contribution in [2.75, 3.05) is 35.2 Å². The van der Waals surface area contributed by atoms with Gasteiger partial charge in [-0.25, -0.2) is 0 Å². The van der Waals surface area contributed by atoms with Gasteiger partial charge in [-0.2, -0.15) is 0 Å². The van der Waals surface area contributed by atoms with Crippen LogP contribution in [0.3, 0.4) is 0 Å². The van der Waals surface area contributed by atoms with Gasteiger partial charge in [-0.05, 0) is 30.7 Å². The number of carbonyl (C=O) groups excluding carboxylic acids is 1. The lowest BCUT2D eigenvalue weighted by atomic mass is 9.72. The Morgan fingerprint density at radius 3 is 2.06 bits per heavy atom. The van der Waals surface area contributed by atoms with E-state index in [1.165, 1.54) is 14.0 Å². The minimum atomic E-state index is -1.20. The first-order valence-electron chi connectivity index (χ1n) is 9.84. The van der Waals surface area contributed by atoms with Crippen LogP contribution in [-0.2, 0) is 9.53 Å². The molecule has 2 aromatic carbocycles. The average Bonchev–Trinajstić information content (AvgIpc) is 3.22. The van der Waals surface area contributed by atoms with E-state index in [-0.39, 0.29) is 12.6 Å². The van der Waals surface area contributed by atoms with Crippen LogP contribution in [0.2, 0.25) is 0 Å². The largest absolute Gasteiger partial charge is 0.493 e. The fourth-order valence-electron chi connectivity index (χ4n) is 4.46. The summed E-state index contributed by atoms with van der Waals surface area (Å²) in [6.07, 6.45) is 0. The van der Waals surface area contributed by atoms with Crippen LogP contribution in [0.5, 0.6) is 34.5 Å². The molecule has 0 aliphatic carbocycles. The molecule has 0 saturated heterocycles. The molecule has 31 heavy (non-hydrogen) atoms. The molecule has 166 valence electrons. The van der Waals surface area contributed by atoms with Crippen LogP contribution < -0.4 is 28.4 Å². The second-order valence-electron chi connectivity index (χ2n) is 7.59. The Kier molecular flexibility index (Phi) is 5.35. The minimum absolute atomic E-state index is 0.0774. The van der Waals surface area contributed by atoms with E-state index in [0.717, 1.165) is 11.1 Å². The summed E-state index contributed by atoms with van der Waals surface area (Å²) in [6, 6.07) is 7.32. The third-order valence-electron chi connectivity index (χ3n) is 5.94. The fraction of sp³-hybridized carbons (Fsp3) is 0.435. The van der Waals surface area contributed by atoms with Gasteiger partial charge in [0.25, 0.3) is 0 Å². The van der Waals surface area contributed by atoms with E-state index in [1.54, 1.807) is 34.3 Å². The number of ketones is 1. The molecule has 0 spiro atoms. The topological polar surface area (TPSA) is 81.7 Å². The van der Waals surface area contributed by atoms with Crippen LogP contribution in [0.4, 0.5) is 0 Å². The molecule has 8 heteroatoms. The number of Topliss-reactive ketones (excluding diaryl/α,β-unsaturated/α-hetero) is 1. The molecule has 4 rings (SSSR count). The van der Waals surface area contributed by atoms with Gasteiger partial charge in [0.1, 0.15) is 11.5 Å². The molecule has 3 atom stereocenters. The molecule has 2 aliphatic heterocycles. The summed E-state index contributed by atoms with van der Waals surface area (Å²) in [6.45, 7) is 3.43. The molecule has 0 bridgehead atoms. The Balaban J connectivity index is 1.99. The summed E-state index contributed by atoms with van der Waals surface area (Å²) >= 11 is 0. The zero-order chi connectivity index (χ0) is 22.3. The highest BCUT2D eigenvalue weighted by atomic mass is 16.7. The second kappa shape index (κ2) is 7.85. The number of methoxy groups -OCH3 is 4. The van der Waals surface area contributed by atoms with Crippen LogP contribution in [0, 0.1) is 5.92 Å². The van der Waals surface area contributed by atoms with Gasteiger partial charge in [0.2, 0.25) is 18.3 Å². The SMILES string of the molecule is COc1cc([C@@H]2c3cc4c(cc3O[C@@](C)(OC)[C@H]2C(C)=O)OCO4)cc(OC)c1OC. The van der Waals surface area contributed by atoms with Gasteiger partial charge in [-0.1, -0.05) is 0 Å². The molecule has 0 N–H and O–H groups in total. The van der Waals surface area contributed by atoms with E-state index in [0.29, 0.717) is 34.5 Å². The number of hydrogen-bond acceptors (Lipinski definition) is 8. The van der Waals surface area contributed by atoms with Gasteiger partial charge in [0, 0.05) is 31.6 Å². The number of benzene rings is 2. The number of rotatable bonds is 6. The number of hydrogen-bond donors (Lipinski definition) is 0. The Bertz CT molecular complexity index is 992. The summed E-state index contributed by atoms with van der Waals surface area (Å²) in [4.78, 5) is 12.9. The van der Waals surface area contributed by atoms with Crippen LogP contribution >= 0.6 is 0 Å². The van der Waals surface area contributed by atoms with E-state index in [9.17, 15) is 4.79 Å². The van der Waals surface area contributed by atoms with Gasteiger partial charge in [0.05, 0.1) is 27.2 Å². The molecule has 0 radical (unpaired) electrons. The molecule has 0 saturated carbocycles. The van der Waals surface area contributed by atoms with Crippen LogP contribution in [-0.4, -0.2) is 46.8 Å². The summed E-state index contributed by atoms with van der Waals surface area (Å²) in [5.41, 5.74) is 1.58. The van der Waals surface area contributed by atoms with Crippen molar-refractivity contribution in [1.29, 1.82) is 0 Å². The third-order valence-corrected chi connectivity index (χ3v) is 5.94. The lowest BCUT2D eigenvalue weighted by Gasteiger charge is -2.44. The van der Waals surface area contributed by atoms with E-state index in [1.807, 2.05) is 18.2 Å². The molecule has 0 fully saturated rings. The molecule has 0 aromatic heterocycles. The normalized spacial score (nSPS) is 23.5. The highest BCUT2D eigenvalue weighted by molar-refractivity contribution is 5.82. The fourth-order valence-corrected chi connectivity index (χ4v) is 4.46. The highest BCUT2D eigenvalue weighted by Crippen LogP contribution is 2.54. The maximum Gasteiger partial charge on any atom is 0.231 e. The van der Waals surface area contributed by atoms with E-state index < -0.39 is 17.6 Å².